The summed E-state index contributed by atoms with van der Waals surface area (Å²) in [6.07, 6.45) is 0. The van der Waals surface area contributed by atoms with Crippen molar-refractivity contribution in [2.75, 3.05) is 14.2 Å². The summed E-state index contributed by atoms with van der Waals surface area (Å²) in [5, 5.41) is 9.81. The summed E-state index contributed by atoms with van der Waals surface area (Å²) in [6, 6.07) is 8.70. The number of benzene rings is 1. The number of aromatic amines is 1. The van der Waals surface area contributed by atoms with E-state index >= 15 is 0 Å². The number of H-pyrrole nitrogens is 1. The first kappa shape index (κ1) is 12.3. The molecule has 6 nitrogen and oxygen atoms in total. The standard InChI is InChI=1S/C14H13N3O3/c1-19-11-5-3-8(7-10(11)18)13-15-9-4-6-12(20-2)16-14(9)17-13/h3-7,18H,1-2H3,(H,15,16,17). The third kappa shape index (κ3) is 2.01. The number of phenols is 1. The second-order valence-electron chi connectivity index (χ2n) is 4.20. The Morgan fingerprint density at radius 2 is 1.90 bits per heavy atom. The normalized spacial score (nSPS) is 10.7. The van der Waals surface area contributed by atoms with Crippen LogP contribution in [-0.4, -0.2) is 34.3 Å². The van der Waals surface area contributed by atoms with Gasteiger partial charge in [0.25, 0.3) is 0 Å². The lowest BCUT2D eigenvalue weighted by atomic mass is 10.2. The van der Waals surface area contributed by atoms with Crippen LogP contribution in [0.25, 0.3) is 22.6 Å². The van der Waals surface area contributed by atoms with Crippen LogP contribution >= 0.6 is 0 Å². The number of aromatic hydroxyl groups is 1. The maximum atomic E-state index is 9.81. The molecule has 2 N–H and O–H groups in total. The number of nitrogens with one attached hydrogen (secondary N) is 1. The van der Waals surface area contributed by atoms with Gasteiger partial charge in [0.1, 0.15) is 5.82 Å². The second kappa shape index (κ2) is 4.73. The van der Waals surface area contributed by atoms with Crippen molar-refractivity contribution in [3.05, 3.63) is 30.3 Å². The van der Waals surface area contributed by atoms with Crippen molar-refractivity contribution in [1.29, 1.82) is 0 Å². The van der Waals surface area contributed by atoms with Gasteiger partial charge in [-0.05, 0) is 24.3 Å². The number of rotatable bonds is 3. The maximum absolute atomic E-state index is 9.81. The van der Waals surface area contributed by atoms with Crippen molar-refractivity contribution in [1.82, 2.24) is 15.0 Å². The first-order chi connectivity index (χ1) is 9.71. The molecule has 1 aromatic carbocycles. The van der Waals surface area contributed by atoms with Crippen LogP contribution in [0.1, 0.15) is 0 Å². The van der Waals surface area contributed by atoms with E-state index in [2.05, 4.69) is 15.0 Å². The van der Waals surface area contributed by atoms with Crippen LogP contribution in [0.15, 0.2) is 30.3 Å². The fraction of sp³-hybridized carbons (Fsp3) is 0.143. The van der Waals surface area contributed by atoms with Gasteiger partial charge in [0.2, 0.25) is 5.88 Å². The summed E-state index contributed by atoms with van der Waals surface area (Å²) in [6.45, 7) is 0. The monoisotopic (exact) mass is 271 g/mol. The van der Waals surface area contributed by atoms with E-state index in [0.717, 1.165) is 11.1 Å². The molecule has 6 heteroatoms. The second-order valence-corrected chi connectivity index (χ2v) is 4.20. The van der Waals surface area contributed by atoms with Crippen molar-refractivity contribution in [3.63, 3.8) is 0 Å². The average Bonchev–Trinajstić information content (AvgIpc) is 2.89. The molecule has 0 aliphatic carbocycles. The predicted octanol–water partition coefficient (Wildman–Crippen LogP) is 2.35. The highest BCUT2D eigenvalue weighted by atomic mass is 16.5. The van der Waals surface area contributed by atoms with E-state index in [9.17, 15) is 5.11 Å². The molecule has 0 unspecified atom stereocenters. The van der Waals surface area contributed by atoms with Gasteiger partial charge in [-0.3, -0.25) is 0 Å². The minimum absolute atomic E-state index is 0.0657. The highest BCUT2D eigenvalue weighted by molar-refractivity contribution is 5.77. The molecule has 102 valence electrons. The van der Waals surface area contributed by atoms with E-state index in [1.807, 2.05) is 12.1 Å². The molecule has 0 saturated heterocycles. The van der Waals surface area contributed by atoms with Crippen LogP contribution in [0.5, 0.6) is 17.4 Å². The van der Waals surface area contributed by atoms with Gasteiger partial charge in [0.05, 0.1) is 19.7 Å². The number of fused-ring (bicyclic) bond motifs is 1. The van der Waals surface area contributed by atoms with E-state index in [0.29, 0.717) is 23.1 Å². The Hall–Kier alpha value is -2.76. The summed E-state index contributed by atoms with van der Waals surface area (Å²) in [5.41, 5.74) is 2.12. The third-order valence-corrected chi connectivity index (χ3v) is 2.98. The Bertz CT molecular complexity index is 767. The van der Waals surface area contributed by atoms with Gasteiger partial charge in [-0.2, -0.15) is 4.98 Å². The van der Waals surface area contributed by atoms with Gasteiger partial charge in [0, 0.05) is 11.6 Å². The van der Waals surface area contributed by atoms with E-state index < -0.39 is 0 Å². The largest absolute Gasteiger partial charge is 0.504 e. The molecule has 0 atom stereocenters. The molecule has 2 heterocycles. The Kier molecular flexibility index (Phi) is 2.90. The molecule has 0 fully saturated rings. The quantitative estimate of drug-likeness (QED) is 0.764. The average molecular weight is 271 g/mol. The number of pyridine rings is 1. The number of phenolic OH excluding ortho intramolecular Hbond substituents is 1. The molecule has 3 rings (SSSR count). The van der Waals surface area contributed by atoms with Gasteiger partial charge in [-0.25, -0.2) is 4.98 Å². The summed E-state index contributed by atoms with van der Waals surface area (Å²) >= 11 is 0. The lowest BCUT2D eigenvalue weighted by Crippen LogP contribution is -1.86. The van der Waals surface area contributed by atoms with Crippen LogP contribution in [0.4, 0.5) is 0 Å². The molecule has 2 aromatic heterocycles. The number of aromatic nitrogens is 3. The Morgan fingerprint density at radius 1 is 1.05 bits per heavy atom. The number of methoxy groups -OCH3 is 2. The SMILES string of the molecule is COc1ccc2[nH]c(-c3ccc(OC)c(O)c3)nc2n1. The molecule has 0 aliphatic heterocycles. The molecular weight excluding hydrogens is 258 g/mol. The molecule has 3 aromatic rings. The van der Waals surface area contributed by atoms with Crippen molar-refractivity contribution in [2.45, 2.75) is 0 Å². The summed E-state index contributed by atoms with van der Waals surface area (Å²) in [5.74, 6) is 1.62. The third-order valence-electron chi connectivity index (χ3n) is 2.98. The Labute approximate surface area is 115 Å². The fourth-order valence-electron chi connectivity index (χ4n) is 1.96. The van der Waals surface area contributed by atoms with Crippen LogP contribution in [0, 0.1) is 0 Å². The number of hydrogen-bond acceptors (Lipinski definition) is 5. The van der Waals surface area contributed by atoms with E-state index in [-0.39, 0.29) is 5.75 Å². The number of hydrogen-bond donors (Lipinski definition) is 2. The van der Waals surface area contributed by atoms with Crippen molar-refractivity contribution in [2.24, 2.45) is 0 Å². The van der Waals surface area contributed by atoms with Gasteiger partial charge < -0.3 is 19.6 Å². The molecule has 0 amide bonds. The zero-order valence-electron chi connectivity index (χ0n) is 11.0. The topological polar surface area (TPSA) is 80.3 Å². The molecule has 0 spiro atoms. The van der Waals surface area contributed by atoms with E-state index in [1.165, 1.54) is 7.11 Å². The zero-order valence-corrected chi connectivity index (χ0v) is 11.0. The number of ether oxygens (including phenoxy) is 2. The first-order valence-corrected chi connectivity index (χ1v) is 5.99. The van der Waals surface area contributed by atoms with Gasteiger partial charge in [-0.15, -0.1) is 0 Å². The van der Waals surface area contributed by atoms with Gasteiger partial charge in [0.15, 0.2) is 17.1 Å². The van der Waals surface area contributed by atoms with Crippen LogP contribution in [0.3, 0.4) is 0 Å². The molecule has 20 heavy (non-hydrogen) atoms. The van der Waals surface area contributed by atoms with Gasteiger partial charge in [-0.1, -0.05) is 0 Å². The van der Waals surface area contributed by atoms with Gasteiger partial charge >= 0.3 is 0 Å². The summed E-state index contributed by atoms with van der Waals surface area (Å²) in [4.78, 5) is 11.8. The highest BCUT2D eigenvalue weighted by Gasteiger charge is 2.10. The molecule has 0 radical (unpaired) electrons. The molecule has 0 bridgehead atoms. The highest BCUT2D eigenvalue weighted by Crippen LogP contribution is 2.30. The lowest BCUT2D eigenvalue weighted by Gasteiger charge is -2.04. The minimum atomic E-state index is 0.0657. The Morgan fingerprint density at radius 3 is 2.60 bits per heavy atom. The maximum Gasteiger partial charge on any atom is 0.215 e. The minimum Gasteiger partial charge on any atom is -0.504 e. The van der Waals surface area contributed by atoms with Crippen molar-refractivity contribution in [3.8, 4) is 28.8 Å². The van der Waals surface area contributed by atoms with Crippen molar-refractivity contribution < 1.29 is 14.6 Å². The summed E-state index contributed by atoms with van der Waals surface area (Å²) in [7, 11) is 3.06. The number of imidazole rings is 1. The van der Waals surface area contributed by atoms with E-state index in [1.54, 1.807) is 25.3 Å². The molecular formula is C14H13N3O3. The smallest absolute Gasteiger partial charge is 0.215 e. The number of nitrogens with zero attached hydrogens (tertiary/aromatic N) is 2. The lowest BCUT2D eigenvalue weighted by molar-refractivity contribution is 0.373. The summed E-state index contributed by atoms with van der Waals surface area (Å²) < 4.78 is 10.1. The Balaban J connectivity index is 2.07. The zero-order chi connectivity index (χ0) is 14.1. The van der Waals surface area contributed by atoms with E-state index in [4.69, 9.17) is 9.47 Å². The first-order valence-electron chi connectivity index (χ1n) is 5.99. The van der Waals surface area contributed by atoms with Crippen LogP contribution in [0.2, 0.25) is 0 Å². The van der Waals surface area contributed by atoms with Crippen LogP contribution < -0.4 is 9.47 Å². The predicted molar refractivity (Wildman–Crippen MR) is 74.1 cm³/mol. The molecule has 0 saturated carbocycles. The fourth-order valence-corrected chi connectivity index (χ4v) is 1.96. The molecule has 0 aliphatic rings. The van der Waals surface area contributed by atoms with Crippen LogP contribution in [-0.2, 0) is 0 Å². The van der Waals surface area contributed by atoms with Crippen molar-refractivity contribution >= 4 is 11.2 Å².